The van der Waals surface area contributed by atoms with Crippen LogP contribution in [0.4, 0.5) is 5.69 Å². The number of halogens is 1. The highest BCUT2D eigenvalue weighted by molar-refractivity contribution is 6.32. The number of benzene rings is 1. The Morgan fingerprint density at radius 1 is 1.44 bits per heavy atom. The maximum absolute atomic E-state index is 9.11. The van der Waals surface area contributed by atoms with Crippen LogP contribution in [0.1, 0.15) is 12.5 Å². The number of hydrogen-bond donors (Lipinski definition) is 3. The SMILES string of the molecule is CC(CO)(CO)Nc1ccc(C#N)c(Cl)c1. The zero-order valence-electron chi connectivity index (χ0n) is 8.87. The van der Waals surface area contributed by atoms with Gasteiger partial charge in [-0.3, -0.25) is 0 Å². The molecule has 0 saturated heterocycles. The maximum atomic E-state index is 9.11. The number of rotatable bonds is 4. The molecule has 0 heterocycles. The molecule has 16 heavy (non-hydrogen) atoms. The number of hydrogen-bond acceptors (Lipinski definition) is 4. The summed E-state index contributed by atoms with van der Waals surface area (Å²) in [5, 5.41) is 30.2. The zero-order chi connectivity index (χ0) is 12.2. The highest BCUT2D eigenvalue weighted by Crippen LogP contribution is 2.22. The van der Waals surface area contributed by atoms with Gasteiger partial charge in [-0.1, -0.05) is 11.6 Å². The molecule has 0 atom stereocenters. The van der Waals surface area contributed by atoms with Crippen molar-refractivity contribution in [2.24, 2.45) is 0 Å². The minimum Gasteiger partial charge on any atom is -0.394 e. The van der Waals surface area contributed by atoms with Gasteiger partial charge in [0.15, 0.2) is 0 Å². The molecule has 0 fully saturated rings. The molecule has 4 nitrogen and oxygen atoms in total. The molecular formula is C11H13ClN2O2. The van der Waals surface area contributed by atoms with Crippen molar-refractivity contribution in [2.45, 2.75) is 12.5 Å². The molecule has 0 bridgehead atoms. The van der Waals surface area contributed by atoms with Gasteiger partial charge in [-0.15, -0.1) is 0 Å². The van der Waals surface area contributed by atoms with Crippen molar-refractivity contribution in [1.29, 1.82) is 5.26 Å². The van der Waals surface area contributed by atoms with Crippen LogP contribution in [0.2, 0.25) is 5.02 Å². The minimum absolute atomic E-state index is 0.207. The van der Waals surface area contributed by atoms with Gasteiger partial charge in [0.1, 0.15) is 6.07 Å². The summed E-state index contributed by atoms with van der Waals surface area (Å²) in [5.41, 5.74) is 0.230. The lowest BCUT2D eigenvalue weighted by atomic mass is 10.0. The second-order valence-corrected chi connectivity index (χ2v) is 4.22. The predicted molar refractivity (Wildman–Crippen MR) is 62.4 cm³/mol. The minimum atomic E-state index is -0.808. The van der Waals surface area contributed by atoms with Gasteiger partial charge < -0.3 is 15.5 Å². The molecule has 1 aromatic carbocycles. The Hall–Kier alpha value is -1.28. The van der Waals surface area contributed by atoms with Crippen LogP contribution in [0.3, 0.4) is 0 Å². The van der Waals surface area contributed by atoms with E-state index in [1.807, 2.05) is 6.07 Å². The summed E-state index contributed by atoms with van der Waals surface area (Å²) in [5.74, 6) is 0. The molecular weight excluding hydrogens is 228 g/mol. The largest absolute Gasteiger partial charge is 0.394 e. The van der Waals surface area contributed by atoms with Crippen LogP contribution in [0.25, 0.3) is 0 Å². The Morgan fingerprint density at radius 3 is 2.50 bits per heavy atom. The molecule has 0 saturated carbocycles. The Kier molecular flexibility index (Phi) is 4.13. The first-order chi connectivity index (χ1) is 7.54. The number of nitrogens with zero attached hydrogens (tertiary/aromatic N) is 1. The highest BCUT2D eigenvalue weighted by atomic mass is 35.5. The van der Waals surface area contributed by atoms with Crippen molar-refractivity contribution in [3.63, 3.8) is 0 Å². The fraction of sp³-hybridized carbons (Fsp3) is 0.364. The molecule has 0 unspecified atom stereocenters. The summed E-state index contributed by atoms with van der Waals surface area (Å²) in [6, 6.07) is 6.80. The Balaban J connectivity index is 2.91. The summed E-state index contributed by atoms with van der Waals surface area (Å²) in [7, 11) is 0. The third kappa shape index (κ3) is 2.86. The van der Waals surface area contributed by atoms with Crippen molar-refractivity contribution in [2.75, 3.05) is 18.5 Å². The van der Waals surface area contributed by atoms with Crippen molar-refractivity contribution >= 4 is 17.3 Å². The van der Waals surface area contributed by atoms with E-state index in [-0.39, 0.29) is 13.2 Å². The first-order valence-corrected chi connectivity index (χ1v) is 5.12. The van der Waals surface area contributed by atoms with Crippen LogP contribution in [0.5, 0.6) is 0 Å². The molecule has 86 valence electrons. The second kappa shape index (κ2) is 5.17. The van der Waals surface area contributed by atoms with E-state index in [0.717, 1.165) is 0 Å². The third-order valence-electron chi connectivity index (χ3n) is 2.23. The monoisotopic (exact) mass is 240 g/mol. The maximum Gasteiger partial charge on any atom is 0.101 e. The summed E-state index contributed by atoms with van der Waals surface area (Å²) in [4.78, 5) is 0. The van der Waals surface area contributed by atoms with E-state index < -0.39 is 5.54 Å². The van der Waals surface area contributed by atoms with E-state index in [0.29, 0.717) is 16.3 Å². The van der Waals surface area contributed by atoms with Gasteiger partial charge in [0.25, 0.3) is 0 Å². The van der Waals surface area contributed by atoms with Crippen molar-refractivity contribution in [3.8, 4) is 6.07 Å². The van der Waals surface area contributed by atoms with Crippen molar-refractivity contribution < 1.29 is 10.2 Å². The summed E-state index contributed by atoms with van der Waals surface area (Å²) in [6.07, 6.45) is 0. The van der Waals surface area contributed by atoms with E-state index >= 15 is 0 Å². The lowest BCUT2D eigenvalue weighted by Crippen LogP contribution is -2.42. The van der Waals surface area contributed by atoms with E-state index in [2.05, 4.69) is 5.32 Å². The lowest BCUT2D eigenvalue weighted by molar-refractivity contribution is 0.147. The molecule has 0 aliphatic carbocycles. The zero-order valence-corrected chi connectivity index (χ0v) is 9.62. The summed E-state index contributed by atoms with van der Waals surface area (Å²) in [6.45, 7) is 1.27. The summed E-state index contributed by atoms with van der Waals surface area (Å²) < 4.78 is 0. The van der Waals surface area contributed by atoms with Crippen LogP contribution in [0, 0.1) is 11.3 Å². The van der Waals surface area contributed by atoms with Crippen LogP contribution >= 0.6 is 11.6 Å². The molecule has 0 radical (unpaired) electrons. The van der Waals surface area contributed by atoms with Gasteiger partial charge in [0.05, 0.1) is 29.3 Å². The van der Waals surface area contributed by atoms with E-state index in [9.17, 15) is 0 Å². The fourth-order valence-electron chi connectivity index (χ4n) is 1.16. The Bertz CT molecular complexity index is 411. The van der Waals surface area contributed by atoms with Crippen LogP contribution in [0.15, 0.2) is 18.2 Å². The molecule has 0 aromatic heterocycles. The quantitative estimate of drug-likeness (QED) is 0.743. The predicted octanol–water partition coefficient (Wildman–Crippen LogP) is 1.37. The first-order valence-electron chi connectivity index (χ1n) is 4.74. The standard InChI is InChI=1S/C11H13ClN2O2/c1-11(6-15,7-16)14-9-3-2-8(5-13)10(12)4-9/h2-4,14-16H,6-7H2,1H3. The average Bonchev–Trinajstić information content (AvgIpc) is 2.29. The van der Waals surface area contributed by atoms with Crippen LogP contribution < -0.4 is 5.32 Å². The van der Waals surface area contributed by atoms with Crippen LogP contribution in [-0.2, 0) is 0 Å². The van der Waals surface area contributed by atoms with Crippen molar-refractivity contribution in [3.05, 3.63) is 28.8 Å². The van der Waals surface area contributed by atoms with E-state index in [4.69, 9.17) is 27.1 Å². The molecule has 1 aromatic rings. The van der Waals surface area contributed by atoms with Gasteiger partial charge in [-0.2, -0.15) is 5.26 Å². The smallest absolute Gasteiger partial charge is 0.101 e. The van der Waals surface area contributed by atoms with Gasteiger partial charge in [-0.05, 0) is 25.1 Å². The number of nitrogens with one attached hydrogen (secondary N) is 1. The van der Waals surface area contributed by atoms with E-state index in [1.54, 1.807) is 25.1 Å². The highest BCUT2D eigenvalue weighted by Gasteiger charge is 2.21. The van der Waals surface area contributed by atoms with Gasteiger partial charge in [-0.25, -0.2) is 0 Å². The number of anilines is 1. The van der Waals surface area contributed by atoms with Crippen molar-refractivity contribution in [1.82, 2.24) is 0 Å². The lowest BCUT2D eigenvalue weighted by Gasteiger charge is -2.27. The van der Waals surface area contributed by atoms with E-state index in [1.165, 1.54) is 0 Å². The molecule has 3 N–H and O–H groups in total. The molecule has 5 heteroatoms. The third-order valence-corrected chi connectivity index (χ3v) is 2.55. The molecule has 0 amide bonds. The topological polar surface area (TPSA) is 76.3 Å². The Morgan fingerprint density at radius 2 is 2.06 bits per heavy atom. The second-order valence-electron chi connectivity index (χ2n) is 3.81. The van der Waals surface area contributed by atoms with Gasteiger partial charge >= 0.3 is 0 Å². The molecule has 0 spiro atoms. The van der Waals surface area contributed by atoms with Gasteiger partial charge in [0, 0.05) is 5.69 Å². The summed E-state index contributed by atoms with van der Waals surface area (Å²) >= 11 is 5.86. The first kappa shape index (κ1) is 12.8. The van der Waals surface area contributed by atoms with Gasteiger partial charge in [0.2, 0.25) is 0 Å². The van der Waals surface area contributed by atoms with Crippen LogP contribution in [-0.4, -0.2) is 29.0 Å². The average molecular weight is 241 g/mol. The fourth-order valence-corrected chi connectivity index (χ4v) is 1.38. The number of aliphatic hydroxyl groups is 2. The molecule has 0 aliphatic heterocycles. The normalized spacial score (nSPS) is 10.9. The molecule has 0 aliphatic rings. The number of nitriles is 1. The number of aliphatic hydroxyl groups excluding tert-OH is 2. The Labute approximate surface area is 99.1 Å². The molecule has 1 rings (SSSR count).